The van der Waals surface area contributed by atoms with E-state index in [2.05, 4.69) is 26.6 Å². The number of hydrogen-bond acceptors (Lipinski definition) is 5. The third kappa shape index (κ3) is 8.65. The molecule has 0 radical (unpaired) electrons. The van der Waals surface area contributed by atoms with Crippen molar-refractivity contribution in [3.05, 3.63) is 64.6 Å². The average Bonchev–Trinajstić information content (AvgIpc) is 2.67. The van der Waals surface area contributed by atoms with Crippen LogP contribution in [0.3, 0.4) is 0 Å². The summed E-state index contributed by atoms with van der Waals surface area (Å²) in [5, 5.41) is 5.06. The summed E-state index contributed by atoms with van der Waals surface area (Å²) in [6.07, 6.45) is -1.73. The topological polar surface area (TPSA) is 93.7 Å². The van der Waals surface area contributed by atoms with Crippen molar-refractivity contribution < 1.29 is 23.9 Å². The van der Waals surface area contributed by atoms with Crippen molar-refractivity contribution in [1.82, 2.24) is 5.32 Å². The van der Waals surface area contributed by atoms with E-state index < -0.39 is 29.7 Å². The highest BCUT2D eigenvalue weighted by Crippen LogP contribution is 2.15. The van der Waals surface area contributed by atoms with E-state index in [4.69, 9.17) is 9.47 Å². The molecule has 2 amide bonds. The Morgan fingerprint density at radius 2 is 1.63 bits per heavy atom. The van der Waals surface area contributed by atoms with Crippen LogP contribution in [-0.4, -0.2) is 36.2 Å². The van der Waals surface area contributed by atoms with Crippen LogP contribution in [0, 0.1) is 0 Å². The zero-order chi connectivity index (χ0) is 22.1. The molecule has 2 N–H and O–H groups in total. The van der Waals surface area contributed by atoms with Crippen LogP contribution < -0.4 is 10.6 Å². The van der Waals surface area contributed by atoms with E-state index >= 15 is 0 Å². The van der Waals surface area contributed by atoms with Gasteiger partial charge in [0.05, 0.1) is 0 Å². The van der Waals surface area contributed by atoms with E-state index in [1.54, 1.807) is 45.0 Å². The second kappa shape index (κ2) is 10.8. The Kier molecular flexibility index (Phi) is 8.41. The molecular weight excluding hydrogens is 452 g/mol. The van der Waals surface area contributed by atoms with Gasteiger partial charge >= 0.3 is 12.1 Å². The molecule has 2 aromatic rings. The lowest BCUT2D eigenvalue weighted by molar-refractivity contribution is -0.155. The van der Waals surface area contributed by atoms with Gasteiger partial charge in [-0.05, 0) is 50.6 Å². The second-order valence-electron chi connectivity index (χ2n) is 7.52. The lowest BCUT2D eigenvalue weighted by atomic mass is 10.1. The third-order valence-electron chi connectivity index (χ3n) is 3.72. The number of nitrogens with one attached hydrogen (secondary N) is 2. The van der Waals surface area contributed by atoms with Gasteiger partial charge < -0.3 is 14.8 Å². The summed E-state index contributed by atoms with van der Waals surface area (Å²) in [6.45, 7) is 4.89. The van der Waals surface area contributed by atoms with E-state index in [9.17, 15) is 14.4 Å². The van der Waals surface area contributed by atoms with Crippen LogP contribution in [0.4, 0.5) is 10.5 Å². The first-order valence-corrected chi connectivity index (χ1v) is 10.2. The molecule has 1 unspecified atom stereocenters. The van der Waals surface area contributed by atoms with E-state index in [1.807, 2.05) is 30.3 Å². The highest BCUT2D eigenvalue weighted by atomic mass is 79.9. The van der Waals surface area contributed by atoms with Crippen LogP contribution in [0.15, 0.2) is 59.1 Å². The number of carbonyl (C=O) groups excluding carboxylic acids is 3. The number of halogens is 1. The molecule has 0 bridgehead atoms. The van der Waals surface area contributed by atoms with Gasteiger partial charge in [-0.2, -0.15) is 0 Å². The van der Waals surface area contributed by atoms with Gasteiger partial charge in [0.25, 0.3) is 5.91 Å². The monoisotopic (exact) mass is 476 g/mol. The molecule has 0 saturated carbocycles. The molecule has 0 fully saturated rings. The zero-order valence-corrected chi connectivity index (χ0v) is 18.7. The van der Waals surface area contributed by atoms with Gasteiger partial charge in [-0.3, -0.25) is 14.9 Å². The van der Waals surface area contributed by atoms with Crippen LogP contribution in [0.5, 0.6) is 0 Å². The SMILES string of the molecule is CC(C)(C)OC(=O)CNC(=O)C(Cc1ccccc1)OC(=O)Nc1ccc(Br)cc1. The highest BCUT2D eigenvalue weighted by Gasteiger charge is 2.25. The largest absolute Gasteiger partial charge is 0.459 e. The van der Waals surface area contributed by atoms with Gasteiger partial charge in [-0.1, -0.05) is 46.3 Å². The van der Waals surface area contributed by atoms with Crippen molar-refractivity contribution in [2.45, 2.75) is 38.9 Å². The van der Waals surface area contributed by atoms with Crippen molar-refractivity contribution >= 4 is 39.6 Å². The molecule has 0 saturated heterocycles. The number of rotatable bonds is 7. The van der Waals surface area contributed by atoms with Gasteiger partial charge in [-0.15, -0.1) is 0 Å². The fourth-order valence-corrected chi connectivity index (χ4v) is 2.74. The molecule has 0 spiro atoms. The maximum absolute atomic E-state index is 12.6. The van der Waals surface area contributed by atoms with Crippen LogP contribution in [0.2, 0.25) is 0 Å². The van der Waals surface area contributed by atoms with Crippen molar-refractivity contribution in [3.63, 3.8) is 0 Å². The standard InChI is InChI=1S/C22H25BrN2O5/c1-22(2,3)30-19(26)14-24-20(27)18(13-15-7-5-4-6-8-15)29-21(28)25-17-11-9-16(23)10-12-17/h4-12,18H,13-14H2,1-3H3,(H,24,27)(H,25,28). The second-order valence-corrected chi connectivity index (χ2v) is 8.44. The Hall–Kier alpha value is -2.87. The van der Waals surface area contributed by atoms with E-state index in [-0.39, 0.29) is 13.0 Å². The molecule has 0 heterocycles. The molecule has 30 heavy (non-hydrogen) atoms. The zero-order valence-electron chi connectivity index (χ0n) is 17.1. The summed E-state index contributed by atoms with van der Waals surface area (Å²) in [7, 11) is 0. The number of carbonyl (C=O) groups is 3. The predicted molar refractivity (Wildman–Crippen MR) is 117 cm³/mol. The maximum atomic E-state index is 12.6. The van der Waals surface area contributed by atoms with E-state index in [1.165, 1.54) is 0 Å². The van der Waals surface area contributed by atoms with Crippen LogP contribution in [0.25, 0.3) is 0 Å². The normalized spacial score (nSPS) is 11.9. The Bertz CT molecular complexity index is 863. The summed E-state index contributed by atoms with van der Waals surface area (Å²) in [4.78, 5) is 36.8. The summed E-state index contributed by atoms with van der Waals surface area (Å²) >= 11 is 3.32. The Labute approximate surface area is 184 Å². The number of benzene rings is 2. The van der Waals surface area contributed by atoms with Crippen LogP contribution in [0.1, 0.15) is 26.3 Å². The van der Waals surface area contributed by atoms with Crippen LogP contribution >= 0.6 is 15.9 Å². The molecule has 0 aromatic heterocycles. The predicted octanol–water partition coefficient (Wildman–Crippen LogP) is 4.07. The molecule has 8 heteroatoms. The first-order chi connectivity index (χ1) is 14.1. The molecule has 0 aliphatic rings. The first kappa shape index (κ1) is 23.4. The fraction of sp³-hybridized carbons (Fsp3) is 0.318. The van der Waals surface area contributed by atoms with Crippen LogP contribution in [-0.2, 0) is 25.5 Å². The molecule has 0 aliphatic heterocycles. The van der Waals surface area contributed by atoms with Crippen molar-refractivity contribution in [1.29, 1.82) is 0 Å². The minimum atomic E-state index is -1.12. The summed E-state index contributed by atoms with van der Waals surface area (Å²) in [5.74, 6) is -1.16. The van der Waals surface area contributed by atoms with E-state index in [0.29, 0.717) is 5.69 Å². The van der Waals surface area contributed by atoms with Gasteiger partial charge in [0.2, 0.25) is 0 Å². The van der Waals surface area contributed by atoms with Crippen molar-refractivity contribution in [3.8, 4) is 0 Å². The van der Waals surface area contributed by atoms with Gasteiger partial charge in [0.15, 0.2) is 6.10 Å². The fourth-order valence-electron chi connectivity index (χ4n) is 2.48. The molecular formula is C22H25BrN2O5. The Morgan fingerprint density at radius 3 is 2.23 bits per heavy atom. The number of ether oxygens (including phenoxy) is 2. The Balaban J connectivity index is 2.02. The lowest BCUT2D eigenvalue weighted by Crippen LogP contribution is -2.43. The number of anilines is 1. The average molecular weight is 477 g/mol. The molecule has 2 aromatic carbocycles. The molecule has 2 rings (SSSR count). The van der Waals surface area contributed by atoms with Gasteiger partial charge in [0, 0.05) is 16.6 Å². The summed E-state index contributed by atoms with van der Waals surface area (Å²) in [6, 6.07) is 16.1. The van der Waals surface area contributed by atoms with Gasteiger partial charge in [0.1, 0.15) is 12.1 Å². The minimum Gasteiger partial charge on any atom is -0.459 e. The molecule has 0 aliphatic carbocycles. The highest BCUT2D eigenvalue weighted by molar-refractivity contribution is 9.10. The summed E-state index contributed by atoms with van der Waals surface area (Å²) in [5.41, 5.74) is 0.675. The molecule has 1 atom stereocenters. The minimum absolute atomic E-state index is 0.161. The first-order valence-electron chi connectivity index (χ1n) is 9.39. The summed E-state index contributed by atoms with van der Waals surface area (Å²) < 4.78 is 11.4. The third-order valence-corrected chi connectivity index (χ3v) is 4.25. The molecule has 7 nitrogen and oxygen atoms in total. The van der Waals surface area contributed by atoms with Crippen molar-refractivity contribution in [2.75, 3.05) is 11.9 Å². The number of amides is 2. The number of hydrogen-bond donors (Lipinski definition) is 2. The number of esters is 1. The van der Waals surface area contributed by atoms with Gasteiger partial charge in [-0.25, -0.2) is 4.79 Å². The van der Waals surface area contributed by atoms with Crippen molar-refractivity contribution in [2.24, 2.45) is 0 Å². The lowest BCUT2D eigenvalue weighted by Gasteiger charge is -2.21. The van der Waals surface area contributed by atoms with E-state index in [0.717, 1.165) is 10.0 Å². The maximum Gasteiger partial charge on any atom is 0.412 e. The smallest absolute Gasteiger partial charge is 0.412 e. The molecule has 160 valence electrons. The quantitative estimate of drug-likeness (QED) is 0.587. The Morgan fingerprint density at radius 1 is 1.00 bits per heavy atom.